The number of hydrogen-bond donors (Lipinski definition) is 0. The van der Waals surface area contributed by atoms with Crippen molar-refractivity contribution in [2.24, 2.45) is 5.92 Å². The van der Waals surface area contributed by atoms with Gasteiger partial charge in [-0.25, -0.2) is 0 Å². The third-order valence-electron chi connectivity index (χ3n) is 6.21. The molecule has 1 saturated heterocycles. The van der Waals surface area contributed by atoms with Crippen molar-refractivity contribution in [3.05, 3.63) is 46.8 Å². The van der Waals surface area contributed by atoms with E-state index in [-0.39, 0.29) is 11.7 Å². The second-order valence-electron chi connectivity index (χ2n) is 8.01. The standard InChI is InChI=1S/C23H29N3O3/c1-15-6-5-7-24-19(15)13-16-12-17-18(22(16)27)14-20(28-3)23(29-4)21(17)26-10-8-25(2)9-11-26/h5-7,14,16H,8-13H2,1-4H3. The molecule has 6 heteroatoms. The van der Waals surface area contributed by atoms with Gasteiger partial charge < -0.3 is 19.3 Å². The van der Waals surface area contributed by atoms with Crippen molar-refractivity contribution in [1.29, 1.82) is 0 Å². The molecule has 0 N–H and O–H groups in total. The summed E-state index contributed by atoms with van der Waals surface area (Å²) >= 11 is 0. The Balaban J connectivity index is 1.73. The average molecular weight is 396 g/mol. The maximum atomic E-state index is 13.3. The highest BCUT2D eigenvalue weighted by Crippen LogP contribution is 2.47. The molecule has 1 unspecified atom stereocenters. The summed E-state index contributed by atoms with van der Waals surface area (Å²) in [6, 6.07) is 5.85. The number of aromatic nitrogens is 1. The van der Waals surface area contributed by atoms with Gasteiger partial charge >= 0.3 is 0 Å². The monoisotopic (exact) mass is 395 g/mol. The Hall–Kier alpha value is -2.60. The molecular formula is C23H29N3O3. The molecule has 4 rings (SSSR count). The number of fused-ring (bicyclic) bond motifs is 1. The molecule has 2 heterocycles. The molecule has 1 atom stereocenters. The lowest BCUT2D eigenvalue weighted by Gasteiger charge is -2.36. The molecule has 2 aromatic rings. The number of carbonyl (C=O) groups excluding carboxylic acids is 1. The maximum absolute atomic E-state index is 13.3. The first-order chi connectivity index (χ1) is 14.0. The van der Waals surface area contributed by atoms with E-state index >= 15 is 0 Å². The molecule has 6 nitrogen and oxygen atoms in total. The lowest BCUT2D eigenvalue weighted by molar-refractivity contribution is 0.0935. The zero-order valence-electron chi connectivity index (χ0n) is 17.7. The predicted molar refractivity (Wildman–Crippen MR) is 113 cm³/mol. The van der Waals surface area contributed by atoms with E-state index < -0.39 is 0 Å². The van der Waals surface area contributed by atoms with Crippen LogP contribution in [0, 0.1) is 12.8 Å². The van der Waals surface area contributed by atoms with Crippen LogP contribution in [-0.4, -0.2) is 63.1 Å². The number of hydrogen-bond acceptors (Lipinski definition) is 6. The van der Waals surface area contributed by atoms with Crippen LogP contribution in [0.1, 0.15) is 27.2 Å². The van der Waals surface area contributed by atoms with Gasteiger partial charge in [0.25, 0.3) is 0 Å². The molecule has 1 aliphatic heterocycles. The van der Waals surface area contributed by atoms with E-state index in [1.165, 1.54) is 0 Å². The van der Waals surface area contributed by atoms with Crippen LogP contribution < -0.4 is 14.4 Å². The van der Waals surface area contributed by atoms with E-state index in [0.717, 1.165) is 60.0 Å². The fourth-order valence-electron chi connectivity index (χ4n) is 4.49. The summed E-state index contributed by atoms with van der Waals surface area (Å²) in [6.07, 6.45) is 3.18. The van der Waals surface area contributed by atoms with E-state index in [0.29, 0.717) is 18.6 Å². The summed E-state index contributed by atoms with van der Waals surface area (Å²) in [5, 5.41) is 0. The van der Waals surface area contributed by atoms with Crippen LogP contribution >= 0.6 is 0 Å². The Bertz CT molecular complexity index is 920. The fraction of sp³-hybridized carbons (Fsp3) is 0.478. The molecule has 1 aromatic heterocycles. The number of benzene rings is 1. The predicted octanol–water partition coefficient (Wildman–Crippen LogP) is 2.76. The Kier molecular flexibility index (Phi) is 5.46. The number of ether oxygens (including phenoxy) is 2. The Morgan fingerprint density at radius 3 is 2.59 bits per heavy atom. The summed E-state index contributed by atoms with van der Waals surface area (Å²) < 4.78 is 11.4. The lowest BCUT2D eigenvalue weighted by atomic mass is 9.96. The molecule has 1 aromatic carbocycles. The minimum absolute atomic E-state index is 0.0957. The summed E-state index contributed by atoms with van der Waals surface area (Å²) in [6.45, 7) is 5.84. The molecular weight excluding hydrogens is 366 g/mol. The number of likely N-dealkylation sites (N-methyl/N-ethyl adjacent to an activating group) is 1. The van der Waals surface area contributed by atoms with Crippen molar-refractivity contribution in [2.45, 2.75) is 19.8 Å². The van der Waals surface area contributed by atoms with Crippen molar-refractivity contribution < 1.29 is 14.3 Å². The Morgan fingerprint density at radius 1 is 1.17 bits per heavy atom. The highest BCUT2D eigenvalue weighted by molar-refractivity contribution is 6.05. The lowest BCUT2D eigenvalue weighted by Crippen LogP contribution is -2.45. The summed E-state index contributed by atoms with van der Waals surface area (Å²) in [7, 11) is 5.45. The third-order valence-corrected chi connectivity index (χ3v) is 6.21. The second kappa shape index (κ2) is 8.03. The van der Waals surface area contributed by atoms with E-state index in [9.17, 15) is 4.79 Å². The zero-order valence-corrected chi connectivity index (χ0v) is 17.7. The number of pyridine rings is 1. The topological polar surface area (TPSA) is 54.9 Å². The molecule has 0 amide bonds. The van der Waals surface area contributed by atoms with Crippen molar-refractivity contribution >= 4 is 11.5 Å². The van der Waals surface area contributed by atoms with Gasteiger partial charge in [-0.1, -0.05) is 6.07 Å². The van der Waals surface area contributed by atoms with Gasteiger partial charge in [0.05, 0.1) is 19.9 Å². The van der Waals surface area contributed by atoms with Gasteiger partial charge in [0.2, 0.25) is 0 Å². The van der Waals surface area contributed by atoms with Crippen LogP contribution in [0.4, 0.5) is 5.69 Å². The molecule has 0 radical (unpaired) electrons. The minimum Gasteiger partial charge on any atom is -0.493 e. The van der Waals surface area contributed by atoms with Gasteiger partial charge in [-0.15, -0.1) is 0 Å². The van der Waals surface area contributed by atoms with E-state index in [1.807, 2.05) is 12.1 Å². The number of carbonyl (C=O) groups is 1. The smallest absolute Gasteiger partial charge is 0.184 e. The van der Waals surface area contributed by atoms with Gasteiger partial charge in [-0.2, -0.15) is 0 Å². The minimum atomic E-state index is -0.0957. The van der Waals surface area contributed by atoms with Crippen LogP contribution in [0.15, 0.2) is 24.4 Å². The first-order valence-electron chi connectivity index (χ1n) is 10.2. The SMILES string of the molecule is COc1cc2c(c(N3CCN(C)CC3)c1OC)CC(Cc1ncccc1C)C2=O. The molecule has 2 aliphatic rings. The van der Waals surface area contributed by atoms with Crippen molar-refractivity contribution in [3.63, 3.8) is 0 Å². The highest BCUT2D eigenvalue weighted by atomic mass is 16.5. The summed E-state index contributed by atoms with van der Waals surface area (Å²) in [5.41, 5.74) is 5.03. The molecule has 1 fully saturated rings. The molecule has 0 bridgehead atoms. The Morgan fingerprint density at radius 2 is 1.93 bits per heavy atom. The van der Waals surface area contributed by atoms with E-state index in [2.05, 4.69) is 34.8 Å². The van der Waals surface area contributed by atoms with Gasteiger partial charge in [-0.05, 0) is 43.7 Å². The molecule has 154 valence electrons. The number of Topliss-reactive ketones (excluding diaryl/α,β-unsaturated/α-hetero) is 1. The van der Waals surface area contributed by atoms with E-state index in [4.69, 9.17) is 9.47 Å². The van der Waals surface area contributed by atoms with E-state index in [1.54, 1.807) is 20.4 Å². The highest BCUT2D eigenvalue weighted by Gasteiger charge is 2.37. The number of aryl methyl sites for hydroxylation is 1. The van der Waals surface area contributed by atoms with Crippen LogP contribution in [0.2, 0.25) is 0 Å². The van der Waals surface area contributed by atoms with Gasteiger partial charge in [0.15, 0.2) is 17.3 Å². The van der Waals surface area contributed by atoms with Crippen molar-refractivity contribution in [1.82, 2.24) is 9.88 Å². The van der Waals surface area contributed by atoms with Gasteiger partial charge in [0.1, 0.15) is 0 Å². The Labute approximate surface area is 172 Å². The number of piperazine rings is 1. The molecule has 0 saturated carbocycles. The largest absolute Gasteiger partial charge is 0.493 e. The van der Waals surface area contributed by atoms with Crippen LogP contribution in [-0.2, 0) is 12.8 Å². The number of nitrogens with zero attached hydrogens (tertiary/aromatic N) is 3. The van der Waals surface area contributed by atoms with Crippen molar-refractivity contribution in [2.75, 3.05) is 52.3 Å². The molecule has 29 heavy (non-hydrogen) atoms. The summed E-state index contributed by atoms with van der Waals surface area (Å²) in [5.74, 6) is 1.45. The van der Waals surface area contributed by atoms with Gasteiger partial charge in [-0.3, -0.25) is 9.78 Å². The number of ketones is 1. The quantitative estimate of drug-likeness (QED) is 0.776. The average Bonchev–Trinajstić information content (AvgIpc) is 3.04. The number of methoxy groups -OCH3 is 2. The molecule has 0 spiro atoms. The van der Waals surface area contributed by atoms with Gasteiger partial charge in [0, 0.05) is 56.0 Å². The maximum Gasteiger partial charge on any atom is 0.184 e. The van der Waals surface area contributed by atoms with Crippen LogP contribution in [0.25, 0.3) is 0 Å². The normalized spacial score (nSPS) is 19.4. The molecule has 1 aliphatic carbocycles. The fourth-order valence-corrected chi connectivity index (χ4v) is 4.49. The zero-order chi connectivity index (χ0) is 20.5. The van der Waals surface area contributed by atoms with Crippen LogP contribution in [0.3, 0.4) is 0 Å². The van der Waals surface area contributed by atoms with Crippen molar-refractivity contribution in [3.8, 4) is 11.5 Å². The second-order valence-corrected chi connectivity index (χ2v) is 8.01. The summed E-state index contributed by atoms with van der Waals surface area (Å²) in [4.78, 5) is 22.5. The third kappa shape index (κ3) is 3.57. The first kappa shape index (κ1) is 19.7. The first-order valence-corrected chi connectivity index (χ1v) is 10.2. The number of rotatable bonds is 5. The number of anilines is 1. The van der Waals surface area contributed by atoms with Crippen LogP contribution in [0.5, 0.6) is 11.5 Å².